The Kier molecular flexibility index (Phi) is 3.33. The van der Waals surface area contributed by atoms with Gasteiger partial charge in [-0.15, -0.1) is 10.2 Å². The van der Waals surface area contributed by atoms with Crippen molar-refractivity contribution in [2.45, 2.75) is 13.3 Å². The Morgan fingerprint density at radius 3 is 3.06 bits per heavy atom. The van der Waals surface area contributed by atoms with E-state index in [1.165, 1.54) is 0 Å². The zero-order valence-corrected chi connectivity index (χ0v) is 9.04. The van der Waals surface area contributed by atoms with Crippen LogP contribution in [0.5, 0.6) is 0 Å². The van der Waals surface area contributed by atoms with E-state index < -0.39 is 0 Å². The summed E-state index contributed by atoms with van der Waals surface area (Å²) >= 11 is 0. The first-order valence-electron chi connectivity index (χ1n) is 5.18. The van der Waals surface area contributed by atoms with E-state index in [0.29, 0.717) is 5.82 Å². The Hall–Kier alpha value is -2.10. The van der Waals surface area contributed by atoms with Crippen molar-refractivity contribution in [3.05, 3.63) is 42.7 Å². The zero-order chi connectivity index (χ0) is 11.2. The molecule has 0 amide bonds. The predicted molar refractivity (Wildman–Crippen MR) is 63.5 cm³/mol. The Bertz CT molecular complexity index is 526. The van der Waals surface area contributed by atoms with Crippen LogP contribution in [-0.2, 0) is 0 Å². The van der Waals surface area contributed by atoms with Gasteiger partial charge in [0.05, 0.1) is 6.20 Å². The largest absolute Gasteiger partial charge is 0.204 e. The fourth-order valence-corrected chi connectivity index (χ4v) is 1.33. The average Bonchev–Trinajstić information content (AvgIpc) is 2.35. The molecule has 2 aromatic rings. The molecule has 0 saturated carbocycles. The van der Waals surface area contributed by atoms with E-state index in [-0.39, 0.29) is 0 Å². The molecule has 0 fully saturated rings. The van der Waals surface area contributed by atoms with Crippen molar-refractivity contribution in [1.82, 2.24) is 10.2 Å². The lowest BCUT2D eigenvalue weighted by Gasteiger charge is -1.96. The molecule has 1 aromatic carbocycles. The van der Waals surface area contributed by atoms with Crippen LogP contribution >= 0.6 is 0 Å². The number of fused-ring (bicyclic) bond motifs is 1. The molecule has 0 unspecified atom stereocenters. The molecule has 4 heteroatoms. The molecule has 4 nitrogen and oxygen atoms in total. The number of hydrogen-bond donors (Lipinski definition) is 0. The van der Waals surface area contributed by atoms with Crippen LogP contribution in [0.15, 0.2) is 53.0 Å². The van der Waals surface area contributed by atoms with E-state index in [2.05, 4.69) is 20.4 Å². The molecule has 0 atom stereocenters. The number of nitrogens with zero attached hydrogens (tertiary/aromatic N) is 4. The lowest BCUT2D eigenvalue weighted by molar-refractivity contribution is 1.01. The summed E-state index contributed by atoms with van der Waals surface area (Å²) in [4.78, 5) is 0. The summed E-state index contributed by atoms with van der Waals surface area (Å²) in [6.45, 7) is 2.05. The van der Waals surface area contributed by atoms with Crippen LogP contribution in [0.2, 0.25) is 0 Å². The number of azo groups is 1. The van der Waals surface area contributed by atoms with Crippen molar-refractivity contribution < 1.29 is 0 Å². The second kappa shape index (κ2) is 5.11. The topological polar surface area (TPSA) is 50.5 Å². The Labute approximate surface area is 93.7 Å². The van der Waals surface area contributed by atoms with Gasteiger partial charge in [0.2, 0.25) is 5.82 Å². The normalized spacial score (nSPS) is 11.8. The minimum Gasteiger partial charge on any atom is -0.157 e. The van der Waals surface area contributed by atoms with Gasteiger partial charge in [-0.1, -0.05) is 37.3 Å². The van der Waals surface area contributed by atoms with Crippen LogP contribution < -0.4 is 0 Å². The second-order valence-electron chi connectivity index (χ2n) is 3.26. The molecule has 0 bridgehead atoms. The molecular formula is C12H12N4. The van der Waals surface area contributed by atoms with E-state index in [4.69, 9.17) is 0 Å². The Morgan fingerprint density at radius 2 is 2.19 bits per heavy atom. The van der Waals surface area contributed by atoms with Crippen molar-refractivity contribution in [3.63, 3.8) is 0 Å². The van der Waals surface area contributed by atoms with Gasteiger partial charge in [-0.2, -0.15) is 10.2 Å². The molecule has 2 rings (SSSR count). The fraction of sp³-hybridized carbons (Fsp3) is 0.167. The third-order valence-corrected chi connectivity index (χ3v) is 2.11. The molecule has 0 aliphatic heterocycles. The quantitative estimate of drug-likeness (QED) is 0.729. The van der Waals surface area contributed by atoms with Gasteiger partial charge in [-0.25, -0.2) is 0 Å². The predicted octanol–water partition coefficient (Wildman–Crippen LogP) is 3.64. The van der Waals surface area contributed by atoms with Crippen molar-refractivity contribution >= 4 is 16.6 Å². The van der Waals surface area contributed by atoms with E-state index in [0.717, 1.165) is 17.2 Å². The lowest BCUT2D eigenvalue weighted by Crippen LogP contribution is -1.81. The Morgan fingerprint density at radius 1 is 1.31 bits per heavy atom. The monoisotopic (exact) mass is 212 g/mol. The smallest absolute Gasteiger partial charge is 0.157 e. The molecule has 1 aromatic heterocycles. The van der Waals surface area contributed by atoms with E-state index in [1.807, 2.05) is 37.3 Å². The third-order valence-electron chi connectivity index (χ3n) is 2.11. The van der Waals surface area contributed by atoms with Crippen LogP contribution in [0.4, 0.5) is 5.82 Å². The van der Waals surface area contributed by atoms with Crippen LogP contribution in [0.3, 0.4) is 0 Å². The van der Waals surface area contributed by atoms with Crippen LogP contribution in [0.25, 0.3) is 10.8 Å². The molecule has 0 radical (unpaired) electrons. The van der Waals surface area contributed by atoms with Gasteiger partial charge < -0.3 is 0 Å². The zero-order valence-electron chi connectivity index (χ0n) is 9.04. The highest BCUT2D eigenvalue weighted by molar-refractivity contribution is 5.89. The first kappa shape index (κ1) is 10.4. The van der Waals surface area contributed by atoms with Gasteiger partial charge in [-0.05, 0) is 6.42 Å². The molecule has 0 aliphatic carbocycles. The summed E-state index contributed by atoms with van der Waals surface area (Å²) in [6, 6.07) is 7.85. The summed E-state index contributed by atoms with van der Waals surface area (Å²) in [5.41, 5.74) is 0. The molecule has 1 heterocycles. The highest BCUT2D eigenvalue weighted by atomic mass is 15.2. The third kappa shape index (κ3) is 2.28. The number of hydrogen-bond acceptors (Lipinski definition) is 4. The molecule has 0 spiro atoms. The minimum absolute atomic E-state index is 0.554. The average molecular weight is 212 g/mol. The van der Waals surface area contributed by atoms with Crippen molar-refractivity contribution in [3.8, 4) is 0 Å². The molecule has 16 heavy (non-hydrogen) atoms. The molecule has 0 aliphatic rings. The molecule has 0 N–H and O–H groups in total. The van der Waals surface area contributed by atoms with Crippen LogP contribution in [0, 0.1) is 0 Å². The fourth-order valence-electron chi connectivity index (χ4n) is 1.33. The van der Waals surface area contributed by atoms with Crippen LogP contribution in [0.1, 0.15) is 13.3 Å². The van der Waals surface area contributed by atoms with E-state index >= 15 is 0 Å². The van der Waals surface area contributed by atoms with Gasteiger partial charge in [0, 0.05) is 17.0 Å². The first-order chi connectivity index (χ1) is 7.92. The van der Waals surface area contributed by atoms with Crippen LogP contribution in [-0.4, -0.2) is 10.2 Å². The van der Waals surface area contributed by atoms with Crippen molar-refractivity contribution in [2.24, 2.45) is 10.2 Å². The maximum atomic E-state index is 4.04. The van der Waals surface area contributed by atoms with Gasteiger partial charge in [0.15, 0.2) is 0 Å². The van der Waals surface area contributed by atoms with Gasteiger partial charge in [0.25, 0.3) is 0 Å². The highest BCUT2D eigenvalue weighted by Crippen LogP contribution is 2.21. The van der Waals surface area contributed by atoms with Gasteiger partial charge in [0.1, 0.15) is 0 Å². The summed E-state index contributed by atoms with van der Waals surface area (Å²) in [5.74, 6) is 0.554. The summed E-state index contributed by atoms with van der Waals surface area (Å²) in [5, 5.41) is 17.8. The summed E-state index contributed by atoms with van der Waals surface area (Å²) in [6.07, 6.45) is 6.27. The van der Waals surface area contributed by atoms with E-state index in [1.54, 1.807) is 12.4 Å². The molecular weight excluding hydrogens is 200 g/mol. The standard InChI is InChI=1S/C12H12N4/c1-2-3-8-13-15-12-11-7-5-4-6-10(11)9-14-16-12/h3-9H,2H2,1H3. The number of benzene rings is 1. The highest BCUT2D eigenvalue weighted by Gasteiger charge is 1.99. The maximum absolute atomic E-state index is 4.04. The van der Waals surface area contributed by atoms with Crippen molar-refractivity contribution in [1.29, 1.82) is 0 Å². The maximum Gasteiger partial charge on any atom is 0.204 e. The molecule has 80 valence electrons. The van der Waals surface area contributed by atoms with Gasteiger partial charge in [-0.3, -0.25) is 0 Å². The summed E-state index contributed by atoms with van der Waals surface area (Å²) in [7, 11) is 0. The second-order valence-corrected chi connectivity index (χ2v) is 3.26. The van der Waals surface area contributed by atoms with Crippen molar-refractivity contribution in [2.75, 3.05) is 0 Å². The Balaban J connectivity index is 2.37. The SMILES string of the molecule is CCC=CN=Nc1nncc2ccccc12. The number of rotatable bonds is 3. The minimum atomic E-state index is 0.554. The number of allylic oxidation sites excluding steroid dienone is 1. The summed E-state index contributed by atoms with van der Waals surface area (Å²) < 4.78 is 0. The first-order valence-corrected chi connectivity index (χ1v) is 5.18. The van der Waals surface area contributed by atoms with E-state index in [9.17, 15) is 0 Å². The lowest BCUT2D eigenvalue weighted by atomic mass is 10.2. The molecule has 0 saturated heterocycles. The van der Waals surface area contributed by atoms with Gasteiger partial charge >= 0.3 is 0 Å². The number of aromatic nitrogens is 2.